The van der Waals surface area contributed by atoms with E-state index in [2.05, 4.69) is 5.32 Å². The first-order chi connectivity index (χ1) is 12.4. The maximum absolute atomic E-state index is 12.5. The molecule has 0 bridgehead atoms. The normalized spacial score (nSPS) is 20.1. The van der Waals surface area contributed by atoms with Crippen LogP contribution in [-0.4, -0.2) is 52.1 Å². The fourth-order valence-electron chi connectivity index (χ4n) is 3.17. The number of nitrogens with one attached hydrogen (secondary N) is 1. The average molecular weight is 356 g/mol. The highest BCUT2D eigenvalue weighted by atomic mass is 16.4. The number of rotatable bonds is 4. The van der Waals surface area contributed by atoms with Crippen molar-refractivity contribution in [1.29, 1.82) is 0 Å². The van der Waals surface area contributed by atoms with Crippen LogP contribution < -0.4 is 16.6 Å². The number of benzene rings is 1. The highest BCUT2D eigenvalue weighted by Crippen LogP contribution is 2.22. The third-order valence-corrected chi connectivity index (χ3v) is 4.48. The molecule has 1 fully saturated rings. The Balaban J connectivity index is 1.91. The van der Waals surface area contributed by atoms with Crippen LogP contribution in [0.25, 0.3) is 5.69 Å². The number of carbonyl (C=O) groups excluding carboxylic acids is 1. The highest BCUT2D eigenvalue weighted by Gasteiger charge is 2.33. The Morgan fingerprint density at radius 1 is 1.27 bits per heavy atom. The van der Waals surface area contributed by atoms with Crippen LogP contribution in [0.2, 0.25) is 0 Å². The van der Waals surface area contributed by atoms with Crippen molar-refractivity contribution in [2.24, 2.45) is 5.73 Å². The Morgan fingerprint density at radius 3 is 2.65 bits per heavy atom. The summed E-state index contributed by atoms with van der Waals surface area (Å²) < 4.78 is 1.34. The fraction of sp³-hybridized carbons (Fsp3) is 0.278. The van der Waals surface area contributed by atoms with Gasteiger partial charge in [0.1, 0.15) is 0 Å². The van der Waals surface area contributed by atoms with Gasteiger partial charge in [-0.1, -0.05) is 6.07 Å². The van der Waals surface area contributed by atoms with Crippen LogP contribution in [0.3, 0.4) is 0 Å². The van der Waals surface area contributed by atoms with Gasteiger partial charge in [-0.15, -0.1) is 0 Å². The monoisotopic (exact) mass is 356 g/mol. The number of hydrogen-bond donors (Lipinski definition) is 3. The molecule has 0 aliphatic carbocycles. The van der Waals surface area contributed by atoms with Gasteiger partial charge in [-0.2, -0.15) is 0 Å². The lowest BCUT2D eigenvalue weighted by atomic mass is 10.1. The number of carboxylic acid groups (broad SMARTS) is 1. The van der Waals surface area contributed by atoms with Crippen molar-refractivity contribution in [2.75, 3.05) is 18.9 Å². The summed E-state index contributed by atoms with van der Waals surface area (Å²) in [6.07, 6.45) is 2.07. The molecule has 2 heterocycles. The van der Waals surface area contributed by atoms with Crippen molar-refractivity contribution in [2.45, 2.75) is 18.5 Å². The van der Waals surface area contributed by atoms with E-state index < -0.39 is 12.0 Å². The minimum atomic E-state index is -1.19. The van der Waals surface area contributed by atoms with Crippen molar-refractivity contribution >= 4 is 17.6 Å². The molecule has 8 nitrogen and oxygen atoms in total. The summed E-state index contributed by atoms with van der Waals surface area (Å²) >= 11 is 0. The van der Waals surface area contributed by atoms with Crippen LogP contribution in [0.15, 0.2) is 47.4 Å². The second-order valence-electron chi connectivity index (χ2n) is 6.38. The van der Waals surface area contributed by atoms with Gasteiger partial charge in [-0.3, -0.25) is 19.1 Å². The number of hydrogen-bond acceptors (Lipinski definition) is 5. The zero-order chi connectivity index (χ0) is 18.8. The van der Waals surface area contributed by atoms with E-state index in [9.17, 15) is 19.5 Å². The Morgan fingerprint density at radius 2 is 2.04 bits per heavy atom. The Bertz CT molecular complexity index is 908. The van der Waals surface area contributed by atoms with Gasteiger partial charge in [0.2, 0.25) is 5.91 Å². The van der Waals surface area contributed by atoms with Crippen LogP contribution in [0.5, 0.6) is 0 Å². The number of pyridine rings is 1. The number of likely N-dealkylation sites (tertiary alicyclic amines) is 1. The van der Waals surface area contributed by atoms with Crippen LogP contribution in [-0.2, 0) is 4.79 Å². The molecule has 2 atom stereocenters. The zero-order valence-corrected chi connectivity index (χ0v) is 14.3. The summed E-state index contributed by atoms with van der Waals surface area (Å²) in [6, 6.07) is 8.63. The van der Waals surface area contributed by atoms with Gasteiger partial charge in [0.25, 0.3) is 5.56 Å². The molecule has 0 saturated carbocycles. The quantitative estimate of drug-likeness (QED) is 0.734. The van der Waals surface area contributed by atoms with Gasteiger partial charge in [0, 0.05) is 30.5 Å². The fourth-order valence-corrected chi connectivity index (χ4v) is 3.17. The number of aromatic carboxylic acids is 1. The lowest BCUT2D eigenvalue weighted by molar-refractivity contribution is -0.119. The summed E-state index contributed by atoms with van der Waals surface area (Å²) in [5.74, 6) is -1.49. The van der Waals surface area contributed by atoms with Crippen LogP contribution in [0, 0.1) is 0 Å². The van der Waals surface area contributed by atoms with E-state index in [1.54, 1.807) is 31.4 Å². The molecule has 1 aromatic heterocycles. The standard InChI is InChI=1S/C18H20N4O4/c1-21-10-11(19)8-15(21)17(24)20-14-6-5-12(9-13(14)18(25)26)22-7-3-2-4-16(22)23/h2-7,9,11,15H,8,10,19H2,1H3,(H,20,24)(H,25,26)/t11-,15?/m0/s1. The first-order valence-corrected chi connectivity index (χ1v) is 8.19. The summed E-state index contributed by atoms with van der Waals surface area (Å²) in [6.45, 7) is 0.611. The molecule has 4 N–H and O–H groups in total. The van der Waals surface area contributed by atoms with Crippen LogP contribution >= 0.6 is 0 Å². The lowest BCUT2D eigenvalue weighted by Crippen LogP contribution is -2.37. The summed E-state index contributed by atoms with van der Waals surface area (Å²) in [5.41, 5.74) is 6.11. The predicted molar refractivity (Wildman–Crippen MR) is 96.6 cm³/mol. The van der Waals surface area contributed by atoms with E-state index in [0.717, 1.165) is 0 Å². The Hall–Kier alpha value is -2.97. The molecule has 0 radical (unpaired) electrons. The molecule has 0 spiro atoms. The summed E-state index contributed by atoms with van der Waals surface area (Å²) in [4.78, 5) is 37.9. The molecule has 26 heavy (non-hydrogen) atoms. The number of amides is 1. The third-order valence-electron chi connectivity index (χ3n) is 4.48. The number of anilines is 1. The van der Waals surface area contributed by atoms with Gasteiger partial charge in [-0.25, -0.2) is 4.79 Å². The predicted octanol–water partition coefficient (Wildman–Crippen LogP) is 0.506. The molecule has 1 aliphatic heterocycles. The van der Waals surface area contributed by atoms with Gasteiger partial charge in [0.05, 0.1) is 17.3 Å². The Labute approximate surface area is 149 Å². The SMILES string of the molecule is CN1C[C@@H](N)CC1C(=O)Nc1ccc(-n2ccccc2=O)cc1C(=O)O. The van der Waals surface area contributed by atoms with Gasteiger partial charge >= 0.3 is 5.97 Å². The van der Waals surface area contributed by atoms with Crippen LogP contribution in [0.4, 0.5) is 5.69 Å². The smallest absolute Gasteiger partial charge is 0.337 e. The minimum Gasteiger partial charge on any atom is -0.478 e. The first-order valence-electron chi connectivity index (χ1n) is 8.19. The summed E-state index contributed by atoms with van der Waals surface area (Å²) in [5, 5.41) is 12.2. The molecule has 1 unspecified atom stereocenters. The number of nitrogens with two attached hydrogens (primary N) is 1. The molecule has 1 aromatic carbocycles. The van der Waals surface area contributed by atoms with E-state index in [4.69, 9.17) is 5.73 Å². The molecule has 1 aliphatic rings. The van der Waals surface area contributed by atoms with E-state index in [0.29, 0.717) is 18.7 Å². The second kappa shape index (κ2) is 7.11. The number of carbonyl (C=O) groups is 2. The molecular weight excluding hydrogens is 336 g/mol. The van der Waals surface area contributed by atoms with E-state index in [1.807, 2.05) is 4.90 Å². The average Bonchev–Trinajstić information content (AvgIpc) is 2.94. The summed E-state index contributed by atoms with van der Waals surface area (Å²) in [7, 11) is 1.81. The van der Waals surface area contributed by atoms with E-state index >= 15 is 0 Å². The van der Waals surface area contributed by atoms with Crippen molar-refractivity contribution < 1.29 is 14.7 Å². The second-order valence-corrected chi connectivity index (χ2v) is 6.38. The van der Waals surface area contributed by atoms with Crippen molar-refractivity contribution in [3.63, 3.8) is 0 Å². The number of aromatic nitrogens is 1. The van der Waals surface area contributed by atoms with E-state index in [1.165, 1.54) is 22.8 Å². The highest BCUT2D eigenvalue weighted by molar-refractivity contribution is 6.02. The first kappa shape index (κ1) is 17.8. The third kappa shape index (κ3) is 3.51. The molecular formula is C18H20N4O4. The van der Waals surface area contributed by atoms with Crippen molar-refractivity contribution in [3.05, 3.63) is 58.5 Å². The lowest BCUT2D eigenvalue weighted by Gasteiger charge is -2.19. The molecule has 136 valence electrons. The maximum Gasteiger partial charge on any atom is 0.337 e. The minimum absolute atomic E-state index is 0.0815. The van der Waals surface area contributed by atoms with E-state index in [-0.39, 0.29) is 28.8 Å². The van der Waals surface area contributed by atoms with Crippen molar-refractivity contribution in [1.82, 2.24) is 9.47 Å². The number of carboxylic acids is 1. The molecule has 1 saturated heterocycles. The number of likely N-dealkylation sites (N-methyl/N-ethyl adjacent to an activating group) is 1. The molecule has 1 amide bonds. The maximum atomic E-state index is 12.5. The zero-order valence-electron chi connectivity index (χ0n) is 14.3. The van der Waals surface area contributed by atoms with Crippen molar-refractivity contribution in [3.8, 4) is 5.69 Å². The van der Waals surface area contributed by atoms with Gasteiger partial charge in [0.15, 0.2) is 0 Å². The molecule has 8 heteroatoms. The topological polar surface area (TPSA) is 118 Å². The molecule has 3 rings (SSSR count). The largest absolute Gasteiger partial charge is 0.478 e. The molecule has 2 aromatic rings. The number of nitrogens with zero attached hydrogens (tertiary/aromatic N) is 2. The van der Waals surface area contributed by atoms with Gasteiger partial charge < -0.3 is 16.2 Å². The Kier molecular flexibility index (Phi) is 4.88. The van der Waals surface area contributed by atoms with Crippen LogP contribution in [0.1, 0.15) is 16.8 Å². The van der Waals surface area contributed by atoms with Gasteiger partial charge in [-0.05, 0) is 37.7 Å².